The molecule has 1 heterocycles. The topological polar surface area (TPSA) is 45.5 Å². The van der Waals surface area contributed by atoms with Gasteiger partial charge in [0.15, 0.2) is 0 Å². The molecule has 0 saturated heterocycles. The number of nitrogens with zero attached hydrogens (tertiary/aromatic N) is 2. The van der Waals surface area contributed by atoms with Gasteiger partial charge in [-0.05, 0) is 36.3 Å². The van der Waals surface area contributed by atoms with Gasteiger partial charge in [-0.15, -0.1) is 0 Å². The van der Waals surface area contributed by atoms with Crippen LogP contribution in [0.2, 0.25) is 10.0 Å². The Kier molecular flexibility index (Phi) is 4.60. The average molecular weight is 325 g/mol. The Morgan fingerprint density at radius 2 is 2.05 bits per heavy atom. The second-order valence-corrected chi connectivity index (χ2v) is 5.25. The summed E-state index contributed by atoms with van der Waals surface area (Å²) in [5, 5.41) is 11.9. The Morgan fingerprint density at radius 3 is 2.62 bits per heavy atom. The number of hydrogen-bond donors (Lipinski definition) is 1. The fraction of sp³-hybridized carbons (Fsp3) is 0.0667. The van der Waals surface area contributed by atoms with Gasteiger partial charge in [0.25, 0.3) is 0 Å². The van der Waals surface area contributed by atoms with Crippen LogP contribution >= 0.6 is 23.2 Å². The Morgan fingerprint density at radius 1 is 1.33 bits per heavy atom. The Hall–Kier alpha value is -1.91. The normalized spacial score (nSPS) is 11.0. The summed E-state index contributed by atoms with van der Waals surface area (Å²) >= 11 is 12.0. The summed E-state index contributed by atoms with van der Waals surface area (Å²) in [5.41, 5.74) is 2.39. The van der Waals surface area contributed by atoms with E-state index in [0.717, 1.165) is 23.4 Å². The summed E-state index contributed by atoms with van der Waals surface area (Å²) in [4.78, 5) is 4.18. The second kappa shape index (κ2) is 6.24. The lowest BCUT2D eigenvalue weighted by molar-refractivity contribution is 0.322. The molecular formula is C15H11Cl2FN2O. The molecule has 0 fully saturated rings. The van der Waals surface area contributed by atoms with Crippen LogP contribution in [0.5, 0.6) is 0 Å². The zero-order chi connectivity index (χ0) is 15.6. The quantitative estimate of drug-likeness (QED) is 0.488. The zero-order valence-corrected chi connectivity index (χ0v) is 12.6. The molecule has 0 spiro atoms. The van der Waals surface area contributed by atoms with E-state index in [9.17, 15) is 4.39 Å². The Balaban J connectivity index is 2.61. The highest BCUT2D eigenvalue weighted by molar-refractivity contribution is 6.34. The molecule has 2 rings (SSSR count). The van der Waals surface area contributed by atoms with Gasteiger partial charge >= 0.3 is 0 Å². The van der Waals surface area contributed by atoms with Gasteiger partial charge in [-0.2, -0.15) is 0 Å². The lowest BCUT2D eigenvalue weighted by Gasteiger charge is -2.09. The summed E-state index contributed by atoms with van der Waals surface area (Å²) < 4.78 is 14.1. The van der Waals surface area contributed by atoms with Crippen LogP contribution in [0.3, 0.4) is 0 Å². The van der Waals surface area contributed by atoms with E-state index in [0.29, 0.717) is 10.6 Å². The van der Waals surface area contributed by atoms with Crippen molar-refractivity contribution < 1.29 is 9.60 Å². The van der Waals surface area contributed by atoms with Crippen LogP contribution in [0.1, 0.15) is 18.1 Å². The number of aromatic nitrogens is 1. The molecule has 0 aliphatic heterocycles. The summed E-state index contributed by atoms with van der Waals surface area (Å²) in [6.07, 6.45) is 2.68. The molecule has 0 atom stereocenters. The van der Waals surface area contributed by atoms with E-state index in [-0.39, 0.29) is 16.3 Å². The largest absolute Gasteiger partial charge is 0.411 e. The van der Waals surface area contributed by atoms with Crippen molar-refractivity contribution in [1.82, 2.24) is 4.98 Å². The highest BCUT2D eigenvalue weighted by atomic mass is 35.5. The first-order chi connectivity index (χ1) is 9.93. The van der Waals surface area contributed by atoms with E-state index >= 15 is 0 Å². The Bertz CT molecular complexity index is 745. The van der Waals surface area contributed by atoms with Crippen molar-refractivity contribution >= 4 is 35.0 Å². The molecule has 0 aliphatic carbocycles. The molecule has 0 aliphatic rings. The average Bonchev–Trinajstić information content (AvgIpc) is 2.42. The first kappa shape index (κ1) is 15.5. The second-order valence-electron chi connectivity index (χ2n) is 4.43. The van der Waals surface area contributed by atoms with Gasteiger partial charge < -0.3 is 5.21 Å². The fourth-order valence-electron chi connectivity index (χ4n) is 1.78. The van der Waals surface area contributed by atoms with Gasteiger partial charge in [0.1, 0.15) is 5.82 Å². The number of allylic oxidation sites excluding steroid dienone is 1. The number of oxime groups is 1. The minimum atomic E-state index is -0.562. The molecule has 21 heavy (non-hydrogen) atoms. The van der Waals surface area contributed by atoms with Crippen molar-refractivity contribution in [2.45, 2.75) is 6.92 Å². The molecule has 1 N–H and O–H groups in total. The number of halogens is 3. The van der Waals surface area contributed by atoms with Crippen molar-refractivity contribution in [3.63, 3.8) is 0 Å². The first-order valence-electron chi connectivity index (χ1n) is 5.92. The molecule has 3 nitrogen and oxygen atoms in total. The SMILES string of the molecule is C=C(C)c1cnc(-c2cc(/C=N/O)c(Cl)cc2F)c(Cl)c1. The van der Waals surface area contributed by atoms with Gasteiger partial charge in [-0.25, -0.2) is 4.39 Å². The van der Waals surface area contributed by atoms with Crippen molar-refractivity contribution in [3.8, 4) is 11.3 Å². The van der Waals surface area contributed by atoms with E-state index in [4.69, 9.17) is 28.4 Å². The summed E-state index contributed by atoms with van der Waals surface area (Å²) in [5.74, 6) is -0.562. The van der Waals surface area contributed by atoms with E-state index in [1.54, 1.807) is 12.3 Å². The van der Waals surface area contributed by atoms with E-state index in [1.807, 2.05) is 6.92 Å². The maximum Gasteiger partial charge on any atom is 0.134 e. The standard InChI is InChI=1S/C15H11Cl2FN2O/c1-8(2)9-4-13(17)15(19-6-9)11-3-10(7-20-21)12(16)5-14(11)18/h3-7,21H,1H2,2H3/b20-7+. The minimum absolute atomic E-state index is 0.128. The van der Waals surface area contributed by atoms with E-state index in [1.165, 1.54) is 6.07 Å². The van der Waals surface area contributed by atoms with Crippen LogP contribution in [0.4, 0.5) is 4.39 Å². The summed E-state index contributed by atoms with van der Waals surface area (Å²) in [7, 11) is 0. The fourth-order valence-corrected chi connectivity index (χ4v) is 2.25. The lowest BCUT2D eigenvalue weighted by atomic mass is 10.1. The highest BCUT2D eigenvalue weighted by Crippen LogP contribution is 2.32. The number of rotatable bonds is 3. The lowest BCUT2D eigenvalue weighted by Crippen LogP contribution is -1.94. The van der Waals surface area contributed by atoms with Gasteiger partial charge in [0.05, 0.1) is 22.0 Å². The van der Waals surface area contributed by atoms with Crippen LogP contribution in [0.15, 0.2) is 36.1 Å². The van der Waals surface area contributed by atoms with Crippen LogP contribution in [0, 0.1) is 5.82 Å². The maximum atomic E-state index is 14.1. The van der Waals surface area contributed by atoms with Gasteiger partial charge in [-0.3, -0.25) is 4.98 Å². The molecule has 1 aromatic carbocycles. The van der Waals surface area contributed by atoms with Gasteiger partial charge in [0.2, 0.25) is 0 Å². The molecule has 108 valence electrons. The Labute approximate surface area is 131 Å². The van der Waals surface area contributed by atoms with Gasteiger partial charge in [-0.1, -0.05) is 34.9 Å². The highest BCUT2D eigenvalue weighted by Gasteiger charge is 2.14. The van der Waals surface area contributed by atoms with Crippen LogP contribution in [-0.4, -0.2) is 16.4 Å². The molecule has 2 aromatic rings. The molecule has 0 saturated carbocycles. The van der Waals surface area contributed by atoms with Crippen molar-refractivity contribution in [3.05, 3.63) is 58.0 Å². The molecule has 1 aromatic heterocycles. The molecule has 0 radical (unpaired) electrons. The van der Waals surface area contributed by atoms with Crippen molar-refractivity contribution in [2.75, 3.05) is 0 Å². The van der Waals surface area contributed by atoms with Crippen LogP contribution in [0.25, 0.3) is 16.8 Å². The third-order valence-electron chi connectivity index (χ3n) is 2.87. The van der Waals surface area contributed by atoms with Gasteiger partial charge in [0, 0.05) is 17.3 Å². The predicted octanol–water partition coefficient (Wildman–Crippen LogP) is 5.04. The molecule has 6 heteroatoms. The van der Waals surface area contributed by atoms with Crippen molar-refractivity contribution in [2.24, 2.45) is 5.16 Å². The van der Waals surface area contributed by atoms with E-state index < -0.39 is 5.82 Å². The zero-order valence-electron chi connectivity index (χ0n) is 11.1. The van der Waals surface area contributed by atoms with E-state index in [2.05, 4.69) is 16.7 Å². The van der Waals surface area contributed by atoms with Crippen molar-refractivity contribution in [1.29, 1.82) is 0 Å². The maximum absolute atomic E-state index is 14.1. The molecule has 0 bridgehead atoms. The van der Waals surface area contributed by atoms with Crippen LogP contribution in [-0.2, 0) is 0 Å². The molecule has 0 unspecified atom stereocenters. The first-order valence-corrected chi connectivity index (χ1v) is 6.68. The predicted molar refractivity (Wildman–Crippen MR) is 83.7 cm³/mol. The van der Waals surface area contributed by atoms with Crippen LogP contribution < -0.4 is 0 Å². The third kappa shape index (κ3) is 3.23. The minimum Gasteiger partial charge on any atom is -0.411 e. The summed E-state index contributed by atoms with van der Waals surface area (Å²) in [6, 6.07) is 4.21. The molecular weight excluding hydrogens is 314 g/mol. The smallest absolute Gasteiger partial charge is 0.134 e. The third-order valence-corrected chi connectivity index (χ3v) is 3.49. The number of pyridine rings is 1. The monoisotopic (exact) mass is 324 g/mol. The number of hydrogen-bond acceptors (Lipinski definition) is 3. The number of benzene rings is 1. The summed E-state index contributed by atoms with van der Waals surface area (Å²) in [6.45, 7) is 5.63. The molecule has 0 amide bonds.